The zero-order valence-electron chi connectivity index (χ0n) is 18.7. The second kappa shape index (κ2) is 7.92. The van der Waals surface area contributed by atoms with Gasteiger partial charge in [0.2, 0.25) is 0 Å². The molecule has 0 saturated carbocycles. The van der Waals surface area contributed by atoms with E-state index in [-0.39, 0.29) is 28.9 Å². The number of carbonyl (C=O) groups excluding carboxylic acids is 1. The van der Waals surface area contributed by atoms with Gasteiger partial charge in [0, 0.05) is 32.1 Å². The maximum absolute atomic E-state index is 13.2. The van der Waals surface area contributed by atoms with Crippen molar-refractivity contribution in [2.75, 3.05) is 35.2 Å². The summed E-state index contributed by atoms with van der Waals surface area (Å²) in [5, 5.41) is 0.419. The molecule has 1 fully saturated rings. The summed E-state index contributed by atoms with van der Waals surface area (Å²) in [5.74, 6) is 0.568. The minimum Gasteiger partial charge on any atom is -0.382 e. The van der Waals surface area contributed by atoms with Gasteiger partial charge in [-0.3, -0.25) is 4.79 Å². The van der Waals surface area contributed by atoms with Gasteiger partial charge in [0.15, 0.2) is 11.5 Å². The van der Waals surface area contributed by atoms with Gasteiger partial charge < -0.3 is 21.3 Å². The molecule has 3 aromatic rings. The molecule has 1 saturated heterocycles. The molecular formula is C25H26ClN7O. The Kier molecular flexibility index (Phi) is 4.97. The van der Waals surface area contributed by atoms with Gasteiger partial charge in [0.25, 0.3) is 5.91 Å². The van der Waals surface area contributed by atoms with Gasteiger partial charge in [0.1, 0.15) is 11.0 Å². The third kappa shape index (κ3) is 3.32. The largest absolute Gasteiger partial charge is 0.382 e. The number of piperidine rings is 1. The highest BCUT2D eigenvalue weighted by Gasteiger charge is 2.46. The van der Waals surface area contributed by atoms with E-state index in [9.17, 15) is 4.79 Å². The zero-order valence-corrected chi connectivity index (χ0v) is 19.5. The van der Waals surface area contributed by atoms with E-state index in [0.29, 0.717) is 23.9 Å². The molecule has 1 aromatic carbocycles. The fraction of sp³-hybridized carbons (Fsp3) is 0.360. The smallest absolute Gasteiger partial charge is 0.280 e. The normalized spacial score (nSPS) is 20.5. The minimum absolute atomic E-state index is 0.0645. The Morgan fingerprint density at radius 1 is 1.09 bits per heavy atom. The van der Waals surface area contributed by atoms with E-state index in [1.54, 1.807) is 17.2 Å². The molecule has 0 bridgehead atoms. The average molecular weight is 476 g/mol. The van der Waals surface area contributed by atoms with Crippen LogP contribution in [0.3, 0.4) is 0 Å². The van der Waals surface area contributed by atoms with Crippen molar-refractivity contribution in [1.29, 1.82) is 0 Å². The number of hydrogen-bond acceptors (Lipinski definition) is 7. The number of nitrogen functional groups attached to an aromatic ring is 1. The fourth-order valence-corrected chi connectivity index (χ4v) is 5.94. The Balaban J connectivity index is 1.17. The molecule has 1 unspecified atom stereocenters. The first-order chi connectivity index (χ1) is 16.4. The van der Waals surface area contributed by atoms with Gasteiger partial charge >= 0.3 is 0 Å². The number of halogens is 1. The van der Waals surface area contributed by atoms with E-state index in [1.165, 1.54) is 11.1 Å². The van der Waals surface area contributed by atoms with Crippen LogP contribution in [0.4, 0.5) is 17.3 Å². The summed E-state index contributed by atoms with van der Waals surface area (Å²) < 4.78 is 0. The minimum atomic E-state index is -0.272. The quantitative estimate of drug-likeness (QED) is 0.547. The van der Waals surface area contributed by atoms with Gasteiger partial charge in [-0.1, -0.05) is 35.9 Å². The number of aromatic nitrogens is 3. The third-order valence-corrected chi connectivity index (χ3v) is 7.90. The lowest BCUT2D eigenvalue weighted by Gasteiger charge is -2.42. The number of pyridine rings is 1. The summed E-state index contributed by atoms with van der Waals surface area (Å²) in [4.78, 5) is 30.3. The van der Waals surface area contributed by atoms with Crippen molar-refractivity contribution >= 4 is 34.8 Å². The van der Waals surface area contributed by atoms with E-state index in [1.807, 2.05) is 6.07 Å². The molecule has 174 valence electrons. The molecule has 6 rings (SSSR count). The molecule has 1 amide bonds. The number of anilines is 3. The first-order valence-corrected chi connectivity index (χ1v) is 12.0. The molecular weight excluding hydrogens is 450 g/mol. The van der Waals surface area contributed by atoms with Gasteiger partial charge in [-0.25, -0.2) is 15.0 Å². The number of amides is 1. The van der Waals surface area contributed by atoms with Crippen molar-refractivity contribution in [2.45, 2.75) is 31.7 Å². The Hall–Kier alpha value is -3.23. The summed E-state index contributed by atoms with van der Waals surface area (Å²) in [6.45, 7) is 2.17. The summed E-state index contributed by atoms with van der Waals surface area (Å²) in [5.41, 5.74) is 17.4. The van der Waals surface area contributed by atoms with Gasteiger partial charge in [-0.2, -0.15) is 0 Å². The Bertz CT molecular complexity index is 1290. The van der Waals surface area contributed by atoms with E-state index in [2.05, 4.69) is 44.1 Å². The summed E-state index contributed by atoms with van der Waals surface area (Å²) in [6, 6.07) is 12.1. The van der Waals surface area contributed by atoms with Crippen LogP contribution in [0.15, 0.2) is 42.6 Å². The van der Waals surface area contributed by atoms with Crippen molar-refractivity contribution in [3.05, 3.63) is 70.3 Å². The first kappa shape index (κ1) is 21.3. The van der Waals surface area contributed by atoms with Crippen LogP contribution >= 0.6 is 11.6 Å². The van der Waals surface area contributed by atoms with E-state index in [4.69, 9.17) is 23.1 Å². The van der Waals surface area contributed by atoms with Crippen LogP contribution in [0.5, 0.6) is 0 Å². The molecule has 1 aliphatic carbocycles. The maximum atomic E-state index is 13.2. The summed E-state index contributed by atoms with van der Waals surface area (Å²) in [7, 11) is 0. The predicted octanol–water partition coefficient (Wildman–Crippen LogP) is 3.15. The number of fused-ring (bicyclic) bond motifs is 2. The number of hydrogen-bond donors (Lipinski definition) is 2. The molecule has 1 atom stereocenters. The van der Waals surface area contributed by atoms with E-state index in [0.717, 1.165) is 43.7 Å². The van der Waals surface area contributed by atoms with Gasteiger partial charge in [-0.05, 0) is 47.9 Å². The van der Waals surface area contributed by atoms with Crippen LogP contribution in [-0.2, 0) is 12.8 Å². The van der Waals surface area contributed by atoms with Crippen molar-refractivity contribution < 1.29 is 4.79 Å². The highest BCUT2D eigenvalue weighted by molar-refractivity contribution is 6.29. The van der Waals surface area contributed by atoms with Crippen molar-refractivity contribution in [3.8, 4) is 0 Å². The molecule has 2 aromatic heterocycles. The molecule has 1 spiro atoms. The van der Waals surface area contributed by atoms with Crippen molar-refractivity contribution in [2.24, 2.45) is 11.1 Å². The third-order valence-electron chi connectivity index (χ3n) is 7.69. The molecule has 4 heterocycles. The fourth-order valence-electron chi connectivity index (χ4n) is 5.77. The Morgan fingerprint density at radius 3 is 2.65 bits per heavy atom. The standard InChI is InChI=1S/C25H26ClN7O/c26-19-6-5-18-17(30-19)7-10-33(18)24(34)21-23(28)31-20(14-29-21)32-11-8-25(9-12-32)13-15-3-1-2-4-16(15)22(25)27/h1-6,14,22H,7-13,27H2,(H2,28,31). The van der Waals surface area contributed by atoms with Crippen LogP contribution in [0.2, 0.25) is 5.15 Å². The summed E-state index contributed by atoms with van der Waals surface area (Å²) in [6.07, 6.45) is 5.28. The van der Waals surface area contributed by atoms with Crippen molar-refractivity contribution in [3.63, 3.8) is 0 Å². The van der Waals surface area contributed by atoms with Gasteiger partial charge in [0.05, 0.1) is 17.6 Å². The zero-order chi connectivity index (χ0) is 23.4. The molecule has 3 aliphatic rings. The summed E-state index contributed by atoms with van der Waals surface area (Å²) >= 11 is 5.99. The second-order valence-corrected chi connectivity index (χ2v) is 9.86. The van der Waals surface area contributed by atoms with Crippen LogP contribution in [0, 0.1) is 5.41 Å². The highest BCUT2D eigenvalue weighted by atomic mass is 35.5. The van der Waals surface area contributed by atoms with Gasteiger partial charge in [-0.15, -0.1) is 0 Å². The molecule has 8 nitrogen and oxygen atoms in total. The first-order valence-electron chi connectivity index (χ1n) is 11.6. The second-order valence-electron chi connectivity index (χ2n) is 9.47. The lowest BCUT2D eigenvalue weighted by atomic mass is 9.73. The van der Waals surface area contributed by atoms with Crippen LogP contribution in [0.25, 0.3) is 0 Å². The molecule has 4 N–H and O–H groups in total. The lowest BCUT2D eigenvalue weighted by molar-refractivity contribution is 0.0985. The Labute approximate surface area is 203 Å². The highest BCUT2D eigenvalue weighted by Crippen LogP contribution is 2.50. The molecule has 2 aliphatic heterocycles. The number of nitrogens with two attached hydrogens (primary N) is 2. The number of benzene rings is 1. The van der Waals surface area contributed by atoms with Crippen LogP contribution < -0.4 is 21.3 Å². The van der Waals surface area contributed by atoms with Crippen molar-refractivity contribution in [1.82, 2.24) is 15.0 Å². The number of rotatable bonds is 2. The lowest BCUT2D eigenvalue weighted by Crippen LogP contribution is -2.44. The predicted molar refractivity (Wildman–Crippen MR) is 132 cm³/mol. The molecule has 9 heteroatoms. The topological polar surface area (TPSA) is 114 Å². The number of carbonyl (C=O) groups is 1. The van der Waals surface area contributed by atoms with E-state index < -0.39 is 0 Å². The average Bonchev–Trinajstić information content (AvgIpc) is 3.38. The van der Waals surface area contributed by atoms with Crippen LogP contribution in [0.1, 0.15) is 46.2 Å². The SMILES string of the molecule is Nc1nc(N2CCC3(CC2)Cc2ccccc2C3N)cnc1C(=O)N1CCc2nc(Cl)ccc21. The monoisotopic (exact) mass is 475 g/mol. The Morgan fingerprint density at radius 2 is 1.88 bits per heavy atom. The maximum Gasteiger partial charge on any atom is 0.280 e. The molecule has 34 heavy (non-hydrogen) atoms. The van der Waals surface area contributed by atoms with Crippen LogP contribution in [-0.4, -0.2) is 40.5 Å². The molecule has 0 radical (unpaired) electrons. The van der Waals surface area contributed by atoms with E-state index >= 15 is 0 Å². The number of nitrogens with zero attached hydrogens (tertiary/aromatic N) is 5.